The summed E-state index contributed by atoms with van der Waals surface area (Å²) in [5.41, 5.74) is 0. The highest BCUT2D eigenvalue weighted by molar-refractivity contribution is 7.89. The fourth-order valence-corrected chi connectivity index (χ4v) is 3.40. The Morgan fingerprint density at radius 3 is 2.38 bits per heavy atom. The van der Waals surface area contributed by atoms with Crippen LogP contribution in [0.25, 0.3) is 0 Å². The second-order valence-electron chi connectivity index (χ2n) is 4.77. The van der Waals surface area contributed by atoms with Gasteiger partial charge in [-0.15, -0.1) is 0 Å². The minimum atomic E-state index is -3.40. The number of ether oxygens (including phenoxy) is 1. The van der Waals surface area contributed by atoms with Gasteiger partial charge in [0.05, 0.1) is 4.90 Å². The van der Waals surface area contributed by atoms with Crippen molar-refractivity contribution in [1.82, 2.24) is 9.62 Å². The number of unbranched alkanes of at least 4 members (excludes halogenated alkanes) is 1. The molecule has 0 atom stereocenters. The second kappa shape index (κ2) is 9.02. The fourth-order valence-electron chi connectivity index (χ4n) is 1.91. The van der Waals surface area contributed by atoms with Crippen molar-refractivity contribution in [2.24, 2.45) is 0 Å². The lowest BCUT2D eigenvalue weighted by atomic mass is 10.3. The fraction of sp³-hybridized carbons (Fsp3) is 0.600. The molecular formula is C15H26N2O3S. The SMILES string of the molecule is CCCCN(CC)S(=O)(=O)c1ccc(OCCNC)cc1. The van der Waals surface area contributed by atoms with E-state index in [1.807, 2.05) is 14.0 Å². The molecule has 5 nitrogen and oxygen atoms in total. The average Bonchev–Trinajstić information content (AvgIpc) is 2.48. The lowest BCUT2D eigenvalue weighted by molar-refractivity contribution is 0.318. The largest absolute Gasteiger partial charge is 0.492 e. The van der Waals surface area contributed by atoms with E-state index in [0.29, 0.717) is 30.3 Å². The molecule has 0 heterocycles. The van der Waals surface area contributed by atoms with Crippen LogP contribution in [0, 0.1) is 0 Å². The molecule has 0 bridgehead atoms. The standard InChI is InChI=1S/C15H26N2O3S/c1-4-6-12-17(5-2)21(18,19)15-9-7-14(8-10-15)20-13-11-16-3/h7-10,16H,4-6,11-13H2,1-3H3. The number of hydrogen-bond donors (Lipinski definition) is 1. The molecule has 0 fully saturated rings. The van der Waals surface area contributed by atoms with Crippen molar-refractivity contribution in [1.29, 1.82) is 0 Å². The van der Waals surface area contributed by atoms with Gasteiger partial charge in [-0.3, -0.25) is 0 Å². The van der Waals surface area contributed by atoms with Gasteiger partial charge in [-0.1, -0.05) is 20.3 Å². The summed E-state index contributed by atoms with van der Waals surface area (Å²) in [7, 11) is -1.54. The first kappa shape index (κ1) is 17.9. The molecule has 21 heavy (non-hydrogen) atoms. The molecule has 6 heteroatoms. The molecule has 1 N–H and O–H groups in total. The molecule has 0 aromatic heterocycles. The van der Waals surface area contributed by atoms with E-state index in [1.165, 1.54) is 4.31 Å². The first-order chi connectivity index (χ1) is 10.1. The Balaban J connectivity index is 2.78. The Morgan fingerprint density at radius 1 is 1.19 bits per heavy atom. The molecule has 0 aliphatic carbocycles. The van der Waals surface area contributed by atoms with Gasteiger partial charge in [0.1, 0.15) is 12.4 Å². The van der Waals surface area contributed by atoms with Crippen LogP contribution in [-0.2, 0) is 10.0 Å². The summed E-state index contributed by atoms with van der Waals surface area (Å²) in [6.07, 6.45) is 1.85. The third-order valence-electron chi connectivity index (χ3n) is 3.20. The van der Waals surface area contributed by atoms with Crippen LogP contribution in [0.5, 0.6) is 5.75 Å². The predicted molar refractivity (Wildman–Crippen MR) is 85.2 cm³/mol. The van der Waals surface area contributed by atoms with E-state index >= 15 is 0 Å². The molecule has 0 amide bonds. The number of nitrogens with zero attached hydrogens (tertiary/aromatic N) is 1. The minimum absolute atomic E-state index is 0.321. The molecule has 0 aliphatic rings. The zero-order valence-corrected chi connectivity index (χ0v) is 13.9. The third-order valence-corrected chi connectivity index (χ3v) is 5.18. The molecule has 0 unspecified atom stereocenters. The van der Waals surface area contributed by atoms with E-state index in [4.69, 9.17) is 4.74 Å². The lowest BCUT2D eigenvalue weighted by Gasteiger charge is -2.20. The summed E-state index contributed by atoms with van der Waals surface area (Å²) in [6.45, 7) is 6.28. The smallest absolute Gasteiger partial charge is 0.243 e. The van der Waals surface area contributed by atoms with Gasteiger partial charge in [-0.05, 0) is 37.7 Å². The second-order valence-corrected chi connectivity index (χ2v) is 6.71. The zero-order chi connectivity index (χ0) is 15.7. The van der Waals surface area contributed by atoms with Crippen LogP contribution in [0.1, 0.15) is 26.7 Å². The van der Waals surface area contributed by atoms with Crippen LogP contribution in [-0.4, -0.2) is 46.0 Å². The van der Waals surface area contributed by atoms with Crippen molar-refractivity contribution in [2.75, 3.05) is 33.3 Å². The third kappa shape index (κ3) is 5.30. The minimum Gasteiger partial charge on any atom is -0.492 e. The van der Waals surface area contributed by atoms with Gasteiger partial charge in [0, 0.05) is 19.6 Å². The number of nitrogens with one attached hydrogen (secondary N) is 1. The van der Waals surface area contributed by atoms with Gasteiger partial charge in [0.15, 0.2) is 0 Å². The number of hydrogen-bond acceptors (Lipinski definition) is 4. The van der Waals surface area contributed by atoms with Crippen LogP contribution in [0.15, 0.2) is 29.2 Å². The van der Waals surface area contributed by atoms with E-state index in [0.717, 1.165) is 19.4 Å². The van der Waals surface area contributed by atoms with Gasteiger partial charge in [0.25, 0.3) is 0 Å². The molecule has 0 aliphatic heterocycles. The Bertz CT molecular complexity index is 500. The van der Waals surface area contributed by atoms with Crippen molar-refractivity contribution in [3.05, 3.63) is 24.3 Å². The Kier molecular flexibility index (Phi) is 7.71. The maximum absolute atomic E-state index is 12.5. The molecule has 1 aromatic rings. The highest BCUT2D eigenvalue weighted by Crippen LogP contribution is 2.20. The Morgan fingerprint density at radius 2 is 1.86 bits per heavy atom. The molecule has 1 rings (SSSR count). The lowest BCUT2D eigenvalue weighted by Crippen LogP contribution is -2.31. The maximum Gasteiger partial charge on any atom is 0.243 e. The predicted octanol–water partition coefficient (Wildman–Crippen LogP) is 2.10. The summed E-state index contributed by atoms with van der Waals surface area (Å²) in [5.74, 6) is 0.681. The highest BCUT2D eigenvalue weighted by atomic mass is 32.2. The van der Waals surface area contributed by atoms with E-state index in [9.17, 15) is 8.42 Å². The van der Waals surface area contributed by atoms with E-state index < -0.39 is 10.0 Å². The van der Waals surface area contributed by atoms with Crippen molar-refractivity contribution < 1.29 is 13.2 Å². The van der Waals surface area contributed by atoms with Crippen molar-refractivity contribution >= 4 is 10.0 Å². The number of likely N-dealkylation sites (N-methyl/N-ethyl adjacent to an activating group) is 1. The number of rotatable bonds is 10. The van der Waals surface area contributed by atoms with Crippen LogP contribution in [0.2, 0.25) is 0 Å². The molecule has 0 spiro atoms. The topological polar surface area (TPSA) is 58.6 Å². The highest BCUT2D eigenvalue weighted by Gasteiger charge is 2.22. The van der Waals surface area contributed by atoms with Gasteiger partial charge in [-0.2, -0.15) is 4.31 Å². The summed E-state index contributed by atoms with van der Waals surface area (Å²) in [4.78, 5) is 0.321. The van der Waals surface area contributed by atoms with Crippen LogP contribution in [0.4, 0.5) is 0 Å². The molecule has 120 valence electrons. The number of benzene rings is 1. The van der Waals surface area contributed by atoms with Crippen LogP contribution >= 0.6 is 0 Å². The van der Waals surface area contributed by atoms with Crippen molar-refractivity contribution in [3.8, 4) is 5.75 Å². The van der Waals surface area contributed by atoms with E-state index in [1.54, 1.807) is 24.3 Å². The summed E-state index contributed by atoms with van der Waals surface area (Å²) >= 11 is 0. The first-order valence-corrected chi connectivity index (χ1v) is 8.87. The quantitative estimate of drug-likeness (QED) is 0.672. The monoisotopic (exact) mass is 314 g/mol. The summed E-state index contributed by atoms with van der Waals surface area (Å²) in [5, 5.41) is 2.99. The summed E-state index contributed by atoms with van der Waals surface area (Å²) in [6, 6.07) is 6.63. The van der Waals surface area contributed by atoms with E-state index in [2.05, 4.69) is 12.2 Å². The first-order valence-electron chi connectivity index (χ1n) is 7.43. The summed E-state index contributed by atoms with van der Waals surface area (Å²) < 4.78 is 32.0. The maximum atomic E-state index is 12.5. The van der Waals surface area contributed by atoms with Crippen molar-refractivity contribution in [2.45, 2.75) is 31.6 Å². The van der Waals surface area contributed by atoms with E-state index in [-0.39, 0.29) is 0 Å². The van der Waals surface area contributed by atoms with Gasteiger partial charge in [-0.25, -0.2) is 8.42 Å². The number of sulfonamides is 1. The van der Waals surface area contributed by atoms with Crippen molar-refractivity contribution in [3.63, 3.8) is 0 Å². The molecular weight excluding hydrogens is 288 g/mol. The zero-order valence-electron chi connectivity index (χ0n) is 13.1. The molecule has 0 saturated carbocycles. The molecule has 1 aromatic carbocycles. The Labute approximate surface area is 128 Å². The normalized spacial score (nSPS) is 11.8. The Hall–Kier alpha value is -1.11. The average molecular weight is 314 g/mol. The van der Waals surface area contributed by atoms with Gasteiger partial charge >= 0.3 is 0 Å². The van der Waals surface area contributed by atoms with Crippen LogP contribution < -0.4 is 10.1 Å². The van der Waals surface area contributed by atoms with Gasteiger partial charge in [0.2, 0.25) is 10.0 Å². The van der Waals surface area contributed by atoms with Gasteiger partial charge < -0.3 is 10.1 Å². The molecule has 0 saturated heterocycles. The molecule has 0 radical (unpaired) electrons. The van der Waals surface area contributed by atoms with Crippen LogP contribution in [0.3, 0.4) is 0 Å².